The molecule has 1 aromatic rings. The maximum absolute atomic E-state index is 13.5. The molecule has 1 saturated carbocycles. The molecule has 0 radical (unpaired) electrons. The van der Waals surface area contributed by atoms with Crippen LogP contribution in [0, 0.1) is 5.82 Å². The number of nitrogens with one attached hydrogen (secondary N) is 2. The quantitative estimate of drug-likeness (QED) is 0.172. The van der Waals surface area contributed by atoms with Crippen molar-refractivity contribution in [2.75, 3.05) is 26.7 Å². The van der Waals surface area contributed by atoms with E-state index >= 15 is 0 Å². The Morgan fingerprint density at radius 3 is 2.67 bits per heavy atom. The van der Waals surface area contributed by atoms with Crippen LogP contribution < -0.4 is 10.6 Å². The van der Waals surface area contributed by atoms with E-state index in [1.165, 1.54) is 13.2 Å². The molecule has 5 nitrogen and oxygen atoms in total. The zero-order chi connectivity index (χ0) is 18.8. The van der Waals surface area contributed by atoms with Gasteiger partial charge in [-0.2, -0.15) is 0 Å². The fourth-order valence-electron chi connectivity index (χ4n) is 2.96. The fourth-order valence-corrected chi connectivity index (χ4v) is 2.96. The Kier molecular flexibility index (Phi) is 10.6. The number of guanidine groups is 1. The fraction of sp³-hybridized carbons (Fsp3) is 0.600. The van der Waals surface area contributed by atoms with Crippen LogP contribution >= 0.6 is 24.0 Å². The Hall–Kier alpha value is -1.38. The minimum absolute atomic E-state index is 0. The van der Waals surface area contributed by atoms with E-state index in [0.717, 1.165) is 56.7 Å². The molecule has 27 heavy (non-hydrogen) atoms. The van der Waals surface area contributed by atoms with Gasteiger partial charge in [0.1, 0.15) is 5.82 Å². The highest BCUT2D eigenvalue weighted by Crippen LogP contribution is 2.48. The van der Waals surface area contributed by atoms with Crippen LogP contribution in [-0.2, 0) is 14.9 Å². The zero-order valence-electron chi connectivity index (χ0n) is 16.2. The van der Waals surface area contributed by atoms with E-state index in [4.69, 9.17) is 4.99 Å². The summed E-state index contributed by atoms with van der Waals surface area (Å²) < 4.78 is 18.1. The minimum atomic E-state index is -0.185. The van der Waals surface area contributed by atoms with Gasteiger partial charge in [0.25, 0.3) is 0 Å². The molecule has 2 rings (SSSR count). The molecule has 0 atom stereocenters. The van der Waals surface area contributed by atoms with E-state index in [1.54, 1.807) is 12.1 Å². The van der Waals surface area contributed by atoms with Crippen LogP contribution in [-0.4, -0.2) is 38.7 Å². The molecule has 1 aliphatic rings. The molecular formula is C20H31FIN3O2. The smallest absolute Gasteiger partial charge is 0.305 e. The van der Waals surface area contributed by atoms with Gasteiger partial charge in [0.05, 0.1) is 13.7 Å². The van der Waals surface area contributed by atoms with Crippen LogP contribution in [0.25, 0.3) is 0 Å². The van der Waals surface area contributed by atoms with Gasteiger partial charge in [-0.1, -0.05) is 18.6 Å². The summed E-state index contributed by atoms with van der Waals surface area (Å²) in [6, 6.07) is 6.87. The van der Waals surface area contributed by atoms with Crippen molar-refractivity contribution in [3.8, 4) is 0 Å². The van der Waals surface area contributed by atoms with E-state index in [2.05, 4.69) is 15.4 Å². The largest absolute Gasteiger partial charge is 0.469 e. The second kappa shape index (κ2) is 12.2. The van der Waals surface area contributed by atoms with Gasteiger partial charge in [0.2, 0.25) is 0 Å². The lowest BCUT2D eigenvalue weighted by Crippen LogP contribution is -2.38. The molecular weight excluding hydrogens is 460 g/mol. The Morgan fingerprint density at radius 2 is 2.04 bits per heavy atom. The number of unbranched alkanes of at least 4 members (excludes halogenated alkanes) is 2. The summed E-state index contributed by atoms with van der Waals surface area (Å²) in [5, 5.41) is 6.59. The summed E-state index contributed by atoms with van der Waals surface area (Å²) in [6.07, 6.45) is 5.34. The van der Waals surface area contributed by atoms with Crippen molar-refractivity contribution in [2.24, 2.45) is 4.99 Å². The number of nitrogens with zero attached hydrogens (tertiary/aromatic N) is 1. The van der Waals surface area contributed by atoms with Crippen LogP contribution in [0.4, 0.5) is 4.39 Å². The second-order valence-electron chi connectivity index (χ2n) is 6.80. The molecule has 1 aliphatic carbocycles. The van der Waals surface area contributed by atoms with Crippen molar-refractivity contribution in [3.63, 3.8) is 0 Å². The van der Waals surface area contributed by atoms with Crippen molar-refractivity contribution in [3.05, 3.63) is 35.6 Å². The predicted molar refractivity (Wildman–Crippen MR) is 117 cm³/mol. The highest BCUT2D eigenvalue weighted by Gasteiger charge is 2.44. The molecule has 0 saturated heterocycles. The first-order valence-electron chi connectivity index (χ1n) is 9.45. The predicted octanol–water partition coefficient (Wildman–Crippen LogP) is 3.76. The lowest BCUT2D eigenvalue weighted by atomic mass is 9.96. The average Bonchev–Trinajstić information content (AvgIpc) is 3.43. The van der Waals surface area contributed by atoms with E-state index in [0.29, 0.717) is 13.0 Å². The highest BCUT2D eigenvalue weighted by atomic mass is 127. The third-order valence-electron chi connectivity index (χ3n) is 4.75. The number of carbonyl (C=O) groups excluding carboxylic acids is 1. The van der Waals surface area contributed by atoms with Gasteiger partial charge >= 0.3 is 5.97 Å². The number of ether oxygens (including phenoxy) is 1. The maximum atomic E-state index is 13.5. The molecule has 2 N–H and O–H groups in total. The summed E-state index contributed by atoms with van der Waals surface area (Å²) >= 11 is 0. The SMILES string of the molecule is CCNC(=NCC1(c2cccc(F)c2)CC1)NCCCCCC(=O)OC.I. The van der Waals surface area contributed by atoms with Gasteiger partial charge < -0.3 is 15.4 Å². The van der Waals surface area contributed by atoms with Gasteiger partial charge in [-0.3, -0.25) is 9.79 Å². The van der Waals surface area contributed by atoms with Crippen molar-refractivity contribution >= 4 is 35.9 Å². The summed E-state index contributed by atoms with van der Waals surface area (Å²) in [7, 11) is 1.42. The third-order valence-corrected chi connectivity index (χ3v) is 4.75. The number of aliphatic imine (C=N–C) groups is 1. The van der Waals surface area contributed by atoms with Gasteiger partial charge in [-0.05, 0) is 50.3 Å². The molecule has 0 heterocycles. The summed E-state index contributed by atoms with van der Waals surface area (Å²) in [5.41, 5.74) is 1.03. The van der Waals surface area contributed by atoms with E-state index in [1.807, 2.05) is 13.0 Å². The van der Waals surface area contributed by atoms with Crippen molar-refractivity contribution in [2.45, 2.75) is 50.9 Å². The molecule has 0 unspecified atom stereocenters. The Labute approximate surface area is 178 Å². The van der Waals surface area contributed by atoms with E-state index in [9.17, 15) is 9.18 Å². The van der Waals surface area contributed by atoms with Crippen molar-refractivity contribution in [1.29, 1.82) is 0 Å². The number of benzene rings is 1. The first kappa shape index (κ1) is 23.7. The van der Waals surface area contributed by atoms with Crippen LogP contribution in [0.15, 0.2) is 29.3 Å². The van der Waals surface area contributed by atoms with Crippen LogP contribution in [0.1, 0.15) is 51.0 Å². The Balaban J connectivity index is 0.00000364. The van der Waals surface area contributed by atoms with Crippen LogP contribution in [0.3, 0.4) is 0 Å². The summed E-state index contributed by atoms with van der Waals surface area (Å²) in [5.74, 6) is 0.456. The van der Waals surface area contributed by atoms with E-state index in [-0.39, 0.29) is 41.2 Å². The number of methoxy groups -OCH3 is 1. The number of esters is 1. The third kappa shape index (κ3) is 8.02. The number of carbonyl (C=O) groups is 1. The minimum Gasteiger partial charge on any atom is -0.469 e. The summed E-state index contributed by atoms with van der Waals surface area (Å²) in [6.45, 7) is 4.29. The van der Waals surface area contributed by atoms with Gasteiger partial charge in [-0.25, -0.2) is 4.39 Å². The number of hydrogen-bond acceptors (Lipinski definition) is 3. The topological polar surface area (TPSA) is 62.7 Å². The molecule has 0 aliphatic heterocycles. The van der Waals surface area contributed by atoms with Crippen LogP contribution in [0.5, 0.6) is 0 Å². The second-order valence-corrected chi connectivity index (χ2v) is 6.80. The Bertz CT molecular complexity index is 621. The molecule has 152 valence electrons. The highest BCUT2D eigenvalue weighted by molar-refractivity contribution is 14.0. The molecule has 7 heteroatoms. The van der Waals surface area contributed by atoms with Crippen molar-refractivity contribution in [1.82, 2.24) is 10.6 Å². The average molecular weight is 491 g/mol. The zero-order valence-corrected chi connectivity index (χ0v) is 18.6. The van der Waals surface area contributed by atoms with Gasteiger partial charge in [0.15, 0.2) is 5.96 Å². The number of halogens is 2. The number of rotatable bonds is 10. The van der Waals surface area contributed by atoms with Crippen LogP contribution in [0.2, 0.25) is 0 Å². The lowest BCUT2D eigenvalue weighted by molar-refractivity contribution is -0.140. The standard InChI is InChI=1S/C20H30FN3O2.HI/c1-3-22-19(23-13-6-4-5-10-18(25)26-2)24-15-20(11-12-20)16-8-7-9-17(21)14-16;/h7-9,14H,3-6,10-13,15H2,1-2H3,(H2,22,23,24);1H. The van der Waals surface area contributed by atoms with Gasteiger partial charge in [0, 0.05) is 24.9 Å². The molecule has 1 fully saturated rings. The maximum Gasteiger partial charge on any atom is 0.305 e. The van der Waals surface area contributed by atoms with Crippen molar-refractivity contribution < 1.29 is 13.9 Å². The molecule has 0 amide bonds. The normalized spacial score (nSPS) is 14.9. The monoisotopic (exact) mass is 491 g/mol. The molecule has 1 aromatic carbocycles. The first-order valence-corrected chi connectivity index (χ1v) is 9.45. The molecule has 0 aromatic heterocycles. The Morgan fingerprint density at radius 1 is 1.26 bits per heavy atom. The molecule has 0 spiro atoms. The van der Waals surface area contributed by atoms with E-state index < -0.39 is 0 Å². The van der Waals surface area contributed by atoms with Gasteiger partial charge in [-0.15, -0.1) is 24.0 Å². The lowest BCUT2D eigenvalue weighted by Gasteiger charge is -2.16. The summed E-state index contributed by atoms with van der Waals surface area (Å²) in [4.78, 5) is 15.8. The number of hydrogen-bond donors (Lipinski definition) is 2. The molecule has 0 bridgehead atoms. The first-order chi connectivity index (χ1) is 12.6.